The summed E-state index contributed by atoms with van der Waals surface area (Å²) in [6, 6.07) is 80.8. The molecule has 0 radical (unpaired) electrons. The minimum atomic E-state index is 1.21. The maximum atomic E-state index is 2.44. The third-order valence-corrected chi connectivity index (χ3v) is 12.4. The van der Waals surface area contributed by atoms with Crippen LogP contribution in [0.2, 0.25) is 0 Å². The van der Waals surface area contributed by atoms with Gasteiger partial charge in [0.1, 0.15) is 0 Å². The molecule has 0 aromatic heterocycles. The van der Waals surface area contributed by atoms with Crippen LogP contribution in [0.5, 0.6) is 0 Å². The number of hydrogen-bond donors (Lipinski definition) is 0. The summed E-state index contributed by atoms with van der Waals surface area (Å²) in [6.07, 6.45) is 0. The number of benzene rings is 12. The average Bonchev–Trinajstić information content (AvgIpc) is 3.30. The van der Waals surface area contributed by atoms with Crippen molar-refractivity contribution in [3.63, 3.8) is 0 Å². The average molecular weight is 733 g/mol. The SMILES string of the molecule is c1ccc(-c2ccc(-c3ccccc3)c(-c3c4ccccc4c4c5ccc(-c6ccccc6-c6ccccc6)c6cc7ccccc7c(c7cccc3c74)c65)c2)cc1. The number of hydrogen-bond acceptors (Lipinski definition) is 0. The predicted molar refractivity (Wildman–Crippen MR) is 250 cm³/mol. The molecule has 0 aliphatic heterocycles. The highest BCUT2D eigenvalue weighted by atomic mass is 14.3. The topological polar surface area (TPSA) is 0 Å². The third kappa shape index (κ3) is 4.89. The summed E-state index contributed by atoms with van der Waals surface area (Å²) in [5, 5.41) is 15.5. The number of fused-ring (bicyclic) bond motifs is 6. The van der Waals surface area contributed by atoms with E-state index in [1.54, 1.807) is 0 Å². The summed E-state index contributed by atoms with van der Waals surface area (Å²) < 4.78 is 0. The van der Waals surface area contributed by atoms with Crippen LogP contribution in [0.25, 0.3) is 120 Å². The van der Waals surface area contributed by atoms with Crippen molar-refractivity contribution in [1.29, 1.82) is 0 Å². The van der Waals surface area contributed by atoms with Crippen molar-refractivity contribution in [2.75, 3.05) is 0 Å². The molecular formula is C58H36. The van der Waals surface area contributed by atoms with Gasteiger partial charge in [-0.05, 0) is 132 Å². The zero-order valence-corrected chi connectivity index (χ0v) is 31.8. The van der Waals surface area contributed by atoms with Crippen LogP contribution in [0.15, 0.2) is 218 Å². The molecule has 0 spiro atoms. The van der Waals surface area contributed by atoms with E-state index in [9.17, 15) is 0 Å². The second-order valence-electron chi connectivity index (χ2n) is 15.5. The van der Waals surface area contributed by atoms with Crippen molar-refractivity contribution < 1.29 is 0 Å². The largest absolute Gasteiger partial charge is 0.0622 e. The van der Waals surface area contributed by atoms with E-state index in [-0.39, 0.29) is 0 Å². The molecule has 12 rings (SSSR count). The van der Waals surface area contributed by atoms with Gasteiger partial charge in [-0.1, -0.05) is 206 Å². The smallest absolute Gasteiger partial charge is 0.00134 e. The van der Waals surface area contributed by atoms with E-state index in [2.05, 4.69) is 218 Å². The normalized spacial score (nSPS) is 11.8. The van der Waals surface area contributed by atoms with E-state index in [0.29, 0.717) is 0 Å². The van der Waals surface area contributed by atoms with Crippen LogP contribution >= 0.6 is 0 Å². The zero-order chi connectivity index (χ0) is 38.2. The lowest BCUT2D eigenvalue weighted by atomic mass is 9.79. The Morgan fingerprint density at radius 3 is 1.41 bits per heavy atom. The standard InChI is InChI=1S/C58H36/c1-4-17-37(18-5-1)40-31-32-43(39-21-8-3-9-22-39)52(35-40)54-47-27-14-15-28-48(47)56-51-34-33-46(45-26-13-12-24-42(45)38-19-6-2-7-20-38)53-36-41-23-10-11-25-44(41)55(58(51)53)50-30-16-29-49(54)57(50)56/h1-36H. The minimum Gasteiger partial charge on any atom is -0.0622 e. The van der Waals surface area contributed by atoms with Gasteiger partial charge in [0.25, 0.3) is 0 Å². The fraction of sp³-hybridized carbons (Fsp3) is 0. The van der Waals surface area contributed by atoms with Gasteiger partial charge in [0, 0.05) is 0 Å². The van der Waals surface area contributed by atoms with Crippen molar-refractivity contribution in [3.8, 4) is 55.6 Å². The Kier molecular flexibility index (Phi) is 7.33. The molecule has 0 nitrogen and oxygen atoms in total. The Bertz CT molecular complexity index is 3530. The van der Waals surface area contributed by atoms with Crippen LogP contribution < -0.4 is 0 Å². The van der Waals surface area contributed by atoms with Gasteiger partial charge in [0.15, 0.2) is 0 Å². The monoisotopic (exact) mass is 732 g/mol. The van der Waals surface area contributed by atoms with Gasteiger partial charge >= 0.3 is 0 Å². The summed E-state index contributed by atoms with van der Waals surface area (Å²) in [5.41, 5.74) is 12.4. The summed E-state index contributed by atoms with van der Waals surface area (Å²) in [6.45, 7) is 0. The molecule has 0 saturated heterocycles. The lowest BCUT2D eigenvalue weighted by Crippen LogP contribution is -1.95. The summed E-state index contributed by atoms with van der Waals surface area (Å²) in [4.78, 5) is 0. The lowest BCUT2D eigenvalue weighted by Gasteiger charge is -2.23. The second kappa shape index (κ2) is 13.0. The molecule has 0 bridgehead atoms. The van der Waals surface area contributed by atoms with E-state index in [4.69, 9.17) is 0 Å². The molecule has 0 unspecified atom stereocenters. The predicted octanol–water partition coefficient (Wildman–Crippen LogP) is 16.4. The molecule has 0 heteroatoms. The van der Waals surface area contributed by atoms with Crippen LogP contribution in [-0.4, -0.2) is 0 Å². The van der Waals surface area contributed by atoms with Crippen molar-refractivity contribution in [1.82, 2.24) is 0 Å². The Balaban J connectivity index is 1.26. The van der Waals surface area contributed by atoms with Gasteiger partial charge in [-0.15, -0.1) is 0 Å². The summed E-state index contributed by atoms with van der Waals surface area (Å²) >= 11 is 0. The van der Waals surface area contributed by atoms with E-state index in [1.165, 1.54) is 120 Å². The van der Waals surface area contributed by atoms with Crippen LogP contribution in [0.3, 0.4) is 0 Å². The van der Waals surface area contributed by atoms with Crippen molar-refractivity contribution >= 4 is 64.6 Å². The van der Waals surface area contributed by atoms with Crippen molar-refractivity contribution in [2.45, 2.75) is 0 Å². The summed E-state index contributed by atoms with van der Waals surface area (Å²) in [7, 11) is 0. The highest BCUT2D eigenvalue weighted by Gasteiger charge is 2.24. The molecule has 12 aromatic carbocycles. The Labute approximate surface area is 337 Å². The fourth-order valence-corrected chi connectivity index (χ4v) is 9.93. The molecule has 0 aliphatic carbocycles. The van der Waals surface area contributed by atoms with Crippen LogP contribution in [0, 0.1) is 0 Å². The van der Waals surface area contributed by atoms with Crippen molar-refractivity contribution in [2.24, 2.45) is 0 Å². The molecule has 0 heterocycles. The van der Waals surface area contributed by atoms with Crippen LogP contribution in [0.1, 0.15) is 0 Å². The molecule has 0 saturated carbocycles. The number of rotatable bonds is 5. The third-order valence-electron chi connectivity index (χ3n) is 12.4. The molecule has 58 heavy (non-hydrogen) atoms. The molecular weight excluding hydrogens is 697 g/mol. The first-order valence-electron chi connectivity index (χ1n) is 20.2. The van der Waals surface area contributed by atoms with Gasteiger partial charge in [0.05, 0.1) is 0 Å². The second-order valence-corrected chi connectivity index (χ2v) is 15.5. The lowest BCUT2D eigenvalue weighted by molar-refractivity contribution is 1.58. The fourth-order valence-electron chi connectivity index (χ4n) is 9.93. The molecule has 0 fully saturated rings. The van der Waals surface area contributed by atoms with E-state index in [1.807, 2.05) is 0 Å². The Hall–Kier alpha value is -7.54. The molecule has 0 amide bonds. The first-order chi connectivity index (χ1) is 28.8. The highest BCUT2D eigenvalue weighted by Crippen LogP contribution is 2.52. The molecule has 0 N–H and O–H groups in total. The van der Waals surface area contributed by atoms with Gasteiger partial charge in [-0.3, -0.25) is 0 Å². The van der Waals surface area contributed by atoms with Crippen molar-refractivity contribution in [3.05, 3.63) is 218 Å². The van der Waals surface area contributed by atoms with Gasteiger partial charge in [-0.25, -0.2) is 0 Å². The Morgan fingerprint density at radius 1 is 0.190 bits per heavy atom. The maximum absolute atomic E-state index is 2.44. The van der Waals surface area contributed by atoms with Gasteiger partial charge < -0.3 is 0 Å². The molecule has 0 atom stereocenters. The highest BCUT2D eigenvalue weighted by molar-refractivity contribution is 6.44. The van der Waals surface area contributed by atoms with E-state index in [0.717, 1.165) is 0 Å². The van der Waals surface area contributed by atoms with Crippen LogP contribution in [0.4, 0.5) is 0 Å². The Morgan fingerprint density at radius 2 is 0.672 bits per heavy atom. The molecule has 12 aromatic rings. The van der Waals surface area contributed by atoms with Crippen LogP contribution in [-0.2, 0) is 0 Å². The van der Waals surface area contributed by atoms with Gasteiger partial charge in [0.2, 0.25) is 0 Å². The first-order valence-corrected chi connectivity index (χ1v) is 20.2. The first kappa shape index (κ1) is 32.7. The zero-order valence-electron chi connectivity index (χ0n) is 31.8. The van der Waals surface area contributed by atoms with E-state index >= 15 is 0 Å². The van der Waals surface area contributed by atoms with E-state index < -0.39 is 0 Å². The minimum absolute atomic E-state index is 1.21. The quantitative estimate of drug-likeness (QED) is 0.122. The van der Waals surface area contributed by atoms with Gasteiger partial charge in [-0.2, -0.15) is 0 Å². The summed E-state index contributed by atoms with van der Waals surface area (Å²) in [5.74, 6) is 0. The molecule has 0 aliphatic rings. The maximum Gasteiger partial charge on any atom is -0.00134 e. The molecule has 268 valence electrons.